The predicted molar refractivity (Wildman–Crippen MR) is 99.5 cm³/mol. The first-order valence-corrected chi connectivity index (χ1v) is 9.03. The van der Waals surface area contributed by atoms with Gasteiger partial charge in [0.1, 0.15) is 5.56 Å². The van der Waals surface area contributed by atoms with Crippen LogP contribution in [0.5, 0.6) is 5.75 Å². The Morgan fingerprint density at radius 2 is 2.24 bits per heavy atom. The number of nitrogens with one attached hydrogen (secondary N) is 2. The second kappa shape index (κ2) is 7.74. The van der Waals surface area contributed by atoms with Gasteiger partial charge in [0.25, 0.3) is 5.91 Å². The second-order valence-corrected chi connectivity index (χ2v) is 6.59. The predicted octanol–water partition coefficient (Wildman–Crippen LogP) is 1.11. The number of methoxy groups -OCH3 is 1. The molecule has 2 amide bonds. The summed E-state index contributed by atoms with van der Waals surface area (Å²) in [5.74, 6) is 0.231. The summed E-state index contributed by atoms with van der Waals surface area (Å²) >= 11 is 0. The van der Waals surface area contributed by atoms with Crippen molar-refractivity contribution in [3.05, 3.63) is 52.0 Å². The molecule has 0 bridgehead atoms. The normalized spacial score (nSPS) is 16.4. The van der Waals surface area contributed by atoms with Crippen LogP contribution in [0.15, 0.2) is 38.0 Å². The topological polar surface area (TPSA) is 137 Å². The summed E-state index contributed by atoms with van der Waals surface area (Å²) in [5, 5.41) is 9.76. The van der Waals surface area contributed by atoms with E-state index in [1.807, 2.05) is 0 Å². The standard InChI is InChI=1S/C19H18N4O6/c1-27-13-4-2-3-10-7-12(19(26)28-16(10)13)18(25)21-9-15-22-17(23-29-15)11-5-6-20-14(24)8-11/h2-4,7,11H,5-6,8-9H2,1H3,(H,20,24)(H,21,25). The van der Waals surface area contributed by atoms with Crippen LogP contribution in [0.25, 0.3) is 11.0 Å². The van der Waals surface area contributed by atoms with Gasteiger partial charge in [-0.1, -0.05) is 17.3 Å². The first kappa shape index (κ1) is 18.7. The molecule has 0 spiro atoms. The highest BCUT2D eigenvalue weighted by molar-refractivity contribution is 5.97. The van der Waals surface area contributed by atoms with Crippen LogP contribution < -0.4 is 21.0 Å². The molecule has 1 aliphatic rings. The zero-order chi connectivity index (χ0) is 20.4. The first-order valence-electron chi connectivity index (χ1n) is 9.03. The second-order valence-electron chi connectivity index (χ2n) is 6.59. The number of hydrogen-bond donors (Lipinski definition) is 2. The number of benzene rings is 1. The van der Waals surface area contributed by atoms with Crippen molar-refractivity contribution < 1.29 is 23.3 Å². The van der Waals surface area contributed by atoms with Gasteiger partial charge >= 0.3 is 5.63 Å². The summed E-state index contributed by atoms with van der Waals surface area (Å²) in [4.78, 5) is 40.4. The van der Waals surface area contributed by atoms with E-state index in [0.717, 1.165) is 6.42 Å². The number of rotatable bonds is 5. The highest BCUT2D eigenvalue weighted by Gasteiger charge is 2.25. The van der Waals surface area contributed by atoms with Gasteiger partial charge in [0.2, 0.25) is 11.8 Å². The van der Waals surface area contributed by atoms with Crippen LogP contribution in [0.2, 0.25) is 0 Å². The van der Waals surface area contributed by atoms with Crippen molar-refractivity contribution in [3.63, 3.8) is 0 Å². The fourth-order valence-electron chi connectivity index (χ4n) is 3.20. The molecule has 150 valence electrons. The number of nitrogens with zero attached hydrogens (tertiary/aromatic N) is 2. The number of piperidine rings is 1. The molecule has 29 heavy (non-hydrogen) atoms. The molecule has 2 aromatic heterocycles. The molecule has 1 aliphatic heterocycles. The zero-order valence-electron chi connectivity index (χ0n) is 15.6. The minimum atomic E-state index is -0.779. The molecular formula is C19H18N4O6. The largest absolute Gasteiger partial charge is 0.493 e. The number of ether oxygens (including phenoxy) is 1. The van der Waals surface area contributed by atoms with Crippen molar-refractivity contribution in [3.8, 4) is 5.75 Å². The molecule has 10 nitrogen and oxygen atoms in total. The molecule has 1 fully saturated rings. The third-order valence-corrected chi connectivity index (χ3v) is 4.68. The molecule has 0 saturated carbocycles. The number of fused-ring (bicyclic) bond motifs is 1. The fraction of sp³-hybridized carbons (Fsp3) is 0.316. The van der Waals surface area contributed by atoms with E-state index in [0.29, 0.717) is 29.9 Å². The van der Waals surface area contributed by atoms with E-state index in [1.165, 1.54) is 13.2 Å². The van der Waals surface area contributed by atoms with Crippen LogP contribution >= 0.6 is 0 Å². The molecule has 2 N–H and O–H groups in total. The van der Waals surface area contributed by atoms with Gasteiger partial charge in [-0.05, 0) is 18.6 Å². The molecule has 0 aliphatic carbocycles. The lowest BCUT2D eigenvalue weighted by Crippen LogP contribution is -2.33. The Kier molecular flexibility index (Phi) is 4.98. The number of amides is 2. The van der Waals surface area contributed by atoms with Crippen molar-refractivity contribution in [2.75, 3.05) is 13.7 Å². The summed E-state index contributed by atoms with van der Waals surface area (Å²) in [6.07, 6.45) is 1.02. The van der Waals surface area contributed by atoms with Gasteiger partial charge in [-0.15, -0.1) is 0 Å². The highest BCUT2D eigenvalue weighted by atomic mass is 16.5. The van der Waals surface area contributed by atoms with Crippen LogP contribution in [0.1, 0.15) is 40.8 Å². The Balaban J connectivity index is 1.47. The average molecular weight is 398 g/mol. The van der Waals surface area contributed by atoms with Gasteiger partial charge in [0.15, 0.2) is 17.2 Å². The Bertz CT molecular complexity index is 1140. The third-order valence-electron chi connectivity index (χ3n) is 4.68. The van der Waals surface area contributed by atoms with E-state index in [9.17, 15) is 14.4 Å². The van der Waals surface area contributed by atoms with Crippen molar-refractivity contribution in [2.24, 2.45) is 0 Å². The van der Waals surface area contributed by atoms with Gasteiger partial charge < -0.3 is 24.3 Å². The number of hydrogen-bond acceptors (Lipinski definition) is 8. The lowest BCUT2D eigenvalue weighted by molar-refractivity contribution is -0.122. The van der Waals surface area contributed by atoms with Crippen molar-refractivity contribution in [1.29, 1.82) is 0 Å². The van der Waals surface area contributed by atoms with Crippen molar-refractivity contribution in [1.82, 2.24) is 20.8 Å². The van der Waals surface area contributed by atoms with Gasteiger partial charge in [0.05, 0.1) is 13.7 Å². The minimum absolute atomic E-state index is 0.0550. The van der Waals surface area contributed by atoms with E-state index in [2.05, 4.69) is 20.8 Å². The Morgan fingerprint density at radius 1 is 1.38 bits per heavy atom. The van der Waals surface area contributed by atoms with E-state index in [4.69, 9.17) is 13.7 Å². The summed E-state index contributed by atoms with van der Waals surface area (Å²) in [6, 6.07) is 6.55. The van der Waals surface area contributed by atoms with Crippen LogP contribution in [-0.2, 0) is 11.3 Å². The molecule has 1 atom stereocenters. The molecule has 4 rings (SSSR count). The third kappa shape index (κ3) is 3.82. The Labute approximate surface area is 164 Å². The maximum absolute atomic E-state index is 12.4. The summed E-state index contributed by atoms with van der Waals surface area (Å²) in [5.41, 5.74) is -0.650. The van der Waals surface area contributed by atoms with Gasteiger partial charge in [-0.25, -0.2) is 4.79 Å². The van der Waals surface area contributed by atoms with E-state index in [1.54, 1.807) is 18.2 Å². The first-order chi connectivity index (χ1) is 14.0. The van der Waals surface area contributed by atoms with Crippen LogP contribution in [0.4, 0.5) is 0 Å². The minimum Gasteiger partial charge on any atom is -0.493 e. The summed E-state index contributed by atoms with van der Waals surface area (Å²) in [7, 11) is 1.47. The highest BCUT2D eigenvalue weighted by Crippen LogP contribution is 2.25. The van der Waals surface area contributed by atoms with Crippen molar-refractivity contribution >= 4 is 22.8 Å². The molecule has 1 aromatic carbocycles. The van der Waals surface area contributed by atoms with Gasteiger partial charge in [0, 0.05) is 24.3 Å². The molecule has 1 unspecified atom stereocenters. The van der Waals surface area contributed by atoms with Crippen LogP contribution in [0.3, 0.4) is 0 Å². The lowest BCUT2D eigenvalue weighted by Gasteiger charge is -2.18. The quantitative estimate of drug-likeness (QED) is 0.610. The molecule has 0 radical (unpaired) electrons. The Hall–Kier alpha value is -3.69. The van der Waals surface area contributed by atoms with Gasteiger partial charge in [-0.2, -0.15) is 4.98 Å². The average Bonchev–Trinajstić information content (AvgIpc) is 3.20. The molecule has 3 heterocycles. The van der Waals surface area contributed by atoms with E-state index in [-0.39, 0.29) is 35.4 Å². The Morgan fingerprint density at radius 3 is 3.03 bits per heavy atom. The molecule has 3 aromatic rings. The van der Waals surface area contributed by atoms with E-state index < -0.39 is 11.5 Å². The lowest BCUT2D eigenvalue weighted by atomic mass is 9.97. The smallest absolute Gasteiger partial charge is 0.349 e. The monoisotopic (exact) mass is 398 g/mol. The number of aromatic nitrogens is 2. The molecule has 10 heteroatoms. The van der Waals surface area contributed by atoms with Crippen LogP contribution in [0, 0.1) is 0 Å². The van der Waals surface area contributed by atoms with E-state index >= 15 is 0 Å². The number of para-hydroxylation sites is 1. The summed E-state index contributed by atoms with van der Waals surface area (Å²) in [6.45, 7) is 0.507. The molecular weight excluding hydrogens is 380 g/mol. The van der Waals surface area contributed by atoms with Gasteiger partial charge in [-0.3, -0.25) is 9.59 Å². The zero-order valence-corrected chi connectivity index (χ0v) is 15.6. The fourth-order valence-corrected chi connectivity index (χ4v) is 3.20. The summed E-state index contributed by atoms with van der Waals surface area (Å²) < 4.78 is 15.6. The maximum Gasteiger partial charge on any atom is 0.349 e. The molecule has 1 saturated heterocycles. The number of carbonyl (C=O) groups is 2. The SMILES string of the molecule is COc1cccc2cc(C(=O)NCc3nc(C4CCNC(=O)C4)no3)c(=O)oc12. The number of carbonyl (C=O) groups excluding carboxylic acids is 2. The maximum atomic E-state index is 12.4. The van der Waals surface area contributed by atoms with Crippen LogP contribution in [-0.4, -0.2) is 35.6 Å². The van der Waals surface area contributed by atoms with Crippen molar-refractivity contribution in [2.45, 2.75) is 25.3 Å².